The molecular weight excluding hydrogens is 347 g/mol. The van der Waals surface area contributed by atoms with Gasteiger partial charge in [-0.15, -0.1) is 0 Å². The molecule has 0 radical (unpaired) electrons. The highest BCUT2D eigenvalue weighted by molar-refractivity contribution is 5.83. The number of alkyl halides is 3. The van der Waals surface area contributed by atoms with Gasteiger partial charge in [-0.2, -0.15) is 18.3 Å². The first-order valence-corrected chi connectivity index (χ1v) is 6.83. The van der Waals surface area contributed by atoms with Crippen LogP contribution in [0, 0.1) is 11.6 Å². The number of hydrazone groups is 1. The quantitative estimate of drug-likeness (QED) is 0.505. The molecule has 0 atom stereocenters. The predicted molar refractivity (Wildman–Crippen MR) is 79.0 cm³/mol. The highest BCUT2D eigenvalue weighted by atomic mass is 19.4. The van der Waals surface area contributed by atoms with Crippen LogP contribution in [0.15, 0.2) is 47.6 Å². The minimum Gasteiger partial charge on any atom is -0.484 e. The maximum Gasteiger partial charge on any atom is 0.416 e. The first kappa shape index (κ1) is 18.4. The molecule has 0 saturated carbocycles. The minimum atomic E-state index is -4.52. The van der Waals surface area contributed by atoms with Gasteiger partial charge in [0.15, 0.2) is 6.61 Å². The van der Waals surface area contributed by atoms with Gasteiger partial charge in [0.1, 0.15) is 17.4 Å². The molecule has 2 aromatic rings. The van der Waals surface area contributed by atoms with Crippen molar-refractivity contribution in [2.24, 2.45) is 5.10 Å². The topological polar surface area (TPSA) is 50.7 Å². The van der Waals surface area contributed by atoms with Gasteiger partial charge in [0.05, 0.1) is 11.8 Å². The van der Waals surface area contributed by atoms with E-state index in [4.69, 9.17) is 4.74 Å². The molecule has 132 valence electrons. The van der Waals surface area contributed by atoms with E-state index in [0.29, 0.717) is 6.07 Å². The summed E-state index contributed by atoms with van der Waals surface area (Å²) in [5.41, 5.74) is 1.05. The summed E-state index contributed by atoms with van der Waals surface area (Å²) in [6.07, 6.45) is -3.57. The molecule has 0 unspecified atom stereocenters. The number of benzene rings is 2. The molecule has 9 heteroatoms. The second kappa shape index (κ2) is 7.73. The molecule has 0 bridgehead atoms. The van der Waals surface area contributed by atoms with Crippen molar-refractivity contribution in [2.75, 3.05) is 6.61 Å². The van der Waals surface area contributed by atoms with E-state index in [9.17, 15) is 26.7 Å². The Balaban J connectivity index is 1.88. The lowest BCUT2D eigenvalue weighted by Crippen LogP contribution is -2.24. The SMILES string of the molecule is O=C(COc1cccc(C(F)(F)F)c1)N/N=C/c1ccc(F)cc1F. The van der Waals surface area contributed by atoms with Crippen LogP contribution in [0.3, 0.4) is 0 Å². The van der Waals surface area contributed by atoms with E-state index in [-0.39, 0.29) is 11.3 Å². The van der Waals surface area contributed by atoms with E-state index in [2.05, 4.69) is 5.10 Å². The van der Waals surface area contributed by atoms with Crippen LogP contribution in [0.2, 0.25) is 0 Å². The number of hydrogen-bond acceptors (Lipinski definition) is 3. The summed E-state index contributed by atoms with van der Waals surface area (Å²) >= 11 is 0. The monoisotopic (exact) mass is 358 g/mol. The Morgan fingerprint density at radius 2 is 1.92 bits per heavy atom. The molecule has 25 heavy (non-hydrogen) atoms. The van der Waals surface area contributed by atoms with Crippen molar-refractivity contribution in [1.82, 2.24) is 5.43 Å². The molecule has 0 aliphatic heterocycles. The van der Waals surface area contributed by atoms with Crippen molar-refractivity contribution in [3.8, 4) is 5.75 Å². The third-order valence-electron chi connectivity index (χ3n) is 2.89. The number of halogens is 5. The first-order valence-electron chi connectivity index (χ1n) is 6.83. The van der Waals surface area contributed by atoms with Crippen LogP contribution in [-0.2, 0) is 11.0 Å². The van der Waals surface area contributed by atoms with Gasteiger partial charge < -0.3 is 4.74 Å². The van der Waals surface area contributed by atoms with Crippen LogP contribution in [-0.4, -0.2) is 18.7 Å². The first-order chi connectivity index (χ1) is 11.8. The lowest BCUT2D eigenvalue weighted by atomic mass is 10.2. The molecule has 4 nitrogen and oxygen atoms in total. The van der Waals surface area contributed by atoms with Crippen LogP contribution < -0.4 is 10.2 Å². The number of nitrogens with one attached hydrogen (secondary N) is 1. The lowest BCUT2D eigenvalue weighted by Gasteiger charge is -2.09. The van der Waals surface area contributed by atoms with Crippen molar-refractivity contribution in [3.05, 3.63) is 65.2 Å². The van der Waals surface area contributed by atoms with Crippen molar-refractivity contribution in [2.45, 2.75) is 6.18 Å². The Labute approximate surface area is 138 Å². The fraction of sp³-hybridized carbons (Fsp3) is 0.125. The average molecular weight is 358 g/mol. The van der Waals surface area contributed by atoms with Gasteiger partial charge in [0.25, 0.3) is 5.91 Å². The Morgan fingerprint density at radius 1 is 1.16 bits per heavy atom. The number of carbonyl (C=O) groups is 1. The van der Waals surface area contributed by atoms with E-state index < -0.39 is 35.9 Å². The number of ether oxygens (including phenoxy) is 1. The zero-order valence-electron chi connectivity index (χ0n) is 12.5. The van der Waals surface area contributed by atoms with Crippen molar-refractivity contribution in [3.63, 3.8) is 0 Å². The molecule has 0 heterocycles. The van der Waals surface area contributed by atoms with E-state index in [1.165, 1.54) is 6.07 Å². The summed E-state index contributed by atoms with van der Waals surface area (Å²) in [4.78, 5) is 11.5. The second-order valence-electron chi connectivity index (χ2n) is 4.77. The van der Waals surface area contributed by atoms with Crippen LogP contribution in [0.5, 0.6) is 5.75 Å². The Kier molecular flexibility index (Phi) is 5.68. The van der Waals surface area contributed by atoms with Gasteiger partial charge in [-0.3, -0.25) is 4.79 Å². The largest absolute Gasteiger partial charge is 0.484 e. The molecule has 2 rings (SSSR count). The van der Waals surface area contributed by atoms with Gasteiger partial charge >= 0.3 is 6.18 Å². The van der Waals surface area contributed by atoms with Crippen LogP contribution in [0.4, 0.5) is 22.0 Å². The zero-order chi connectivity index (χ0) is 18.4. The lowest BCUT2D eigenvalue weighted by molar-refractivity contribution is -0.137. The van der Waals surface area contributed by atoms with E-state index in [1.807, 2.05) is 5.43 Å². The highest BCUT2D eigenvalue weighted by Crippen LogP contribution is 2.31. The molecule has 1 N–H and O–H groups in total. The van der Waals surface area contributed by atoms with E-state index >= 15 is 0 Å². The third-order valence-corrected chi connectivity index (χ3v) is 2.89. The molecule has 0 saturated heterocycles. The summed E-state index contributed by atoms with van der Waals surface area (Å²) in [7, 11) is 0. The maximum atomic E-state index is 13.3. The Bertz CT molecular complexity index is 790. The summed E-state index contributed by atoms with van der Waals surface area (Å²) in [5, 5.41) is 3.45. The third kappa shape index (κ3) is 5.55. The normalized spacial score (nSPS) is 11.6. The smallest absolute Gasteiger partial charge is 0.416 e. The van der Waals surface area contributed by atoms with Crippen LogP contribution in [0.1, 0.15) is 11.1 Å². The van der Waals surface area contributed by atoms with Gasteiger partial charge in [-0.05, 0) is 30.3 Å². The Morgan fingerprint density at radius 3 is 2.60 bits per heavy atom. The zero-order valence-corrected chi connectivity index (χ0v) is 12.5. The number of rotatable bonds is 5. The number of amides is 1. The molecule has 0 aliphatic carbocycles. The fourth-order valence-electron chi connectivity index (χ4n) is 1.72. The average Bonchev–Trinajstić information content (AvgIpc) is 2.54. The summed E-state index contributed by atoms with van der Waals surface area (Å²) in [6.45, 7) is -0.593. The van der Waals surface area contributed by atoms with Crippen LogP contribution in [0.25, 0.3) is 0 Å². The van der Waals surface area contributed by atoms with Crippen molar-refractivity contribution < 1.29 is 31.5 Å². The molecule has 2 aromatic carbocycles. The summed E-state index contributed by atoms with van der Waals surface area (Å²) in [6, 6.07) is 6.83. The highest BCUT2D eigenvalue weighted by Gasteiger charge is 2.30. The summed E-state index contributed by atoms with van der Waals surface area (Å²) in [5.74, 6) is -2.53. The number of hydrogen-bond donors (Lipinski definition) is 1. The van der Waals surface area contributed by atoms with Gasteiger partial charge in [-0.1, -0.05) is 6.07 Å². The van der Waals surface area contributed by atoms with Crippen molar-refractivity contribution in [1.29, 1.82) is 0 Å². The standard InChI is InChI=1S/C16H11F5N2O2/c17-12-5-4-10(14(18)7-12)8-22-23-15(24)9-25-13-3-1-2-11(6-13)16(19,20)21/h1-8H,9H2,(H,23,24)/b22-8+. The van der Waals surface area contributed by atoms with E-state index in [1.54, 1.807) is 0 Å². The molecular formula is C16H11F5N2O2. The maximum absolute atomic E-state index is 13.3. The molecule has 1 amide bonds. The molecule has 0 aliphatic rings. The second-order valence-corrected chi connectivity index (χ2v) is 4.77. The molecule has 0 fully saturated rings. The van der Waals surface area contributed by atoms with Gasteiger partial charge in [0.2, 0.25) is 0 Å². The number of carbonyl (C=O) groups excluding carboxylic acids is 1. The predicted octanol–water partition coefficient (Wildman–Crippen LogP) is 3.51. The number of nitrogens with zero attached hydrogens (tertiary/aromatic N) is 1. The minimum absolute atomic E-state index is 0.0551. The fourth-order valence-corrected chi connectivity index (χ4v) is 1.72. The molecule has 0 aromatic heterocycles. The molecule has 0 spiro atoms. The van der Waals surface area contributed by atoms with Crippen molar-refractivity contribution >= 4 is 12.1 Å². The Hall–Kier alpha value is -2.97. The summed E-state index contributed by atoms with van der Waals surface area (Å²) < 4.78 is 68.6. The van der Waals surface area contributed by atoms with Gasteiger partial charge in [0, 0.05) is 11.6 Å². The van der Waals surface area contributed by atoms with E-state index in [0.717, 1.165) is 36.5 Å². The van der Waals surface area contributed by atoms with Crippen LogP contribution >= 0.6 is 0 Å². The van der Waals surface area contributed by atoms with Gasteiger partial charge in [-0.25, -0.2) is 14.2 Å².